The molecule has 198 valence electrons. The van der Waals surface area contributed by atoms with Crippen LogP contribution < -0.4 is 0 Å². The molecule has 0 radical (unpaired) electrons. The standard InChI is InChI=1S/C29H58INO2/c1-5-8-11-14-17-20-23-32-26(4)28-24-31(25-29(30)33-28)27(21-18-15-12-9-6-2)22-19-16-13-10-7-3/h26-29H,5-25H2,1-4H3/t26-,28?,29-/m1/s1. The molecule has 1 unspecified atom stereocenters. The van der Waals surface area contributed by atoms with E-state index in [1.165, 1.54) is 116 Å². The summed E-state index contributed by atoms with van der Waals surface area (Å²) < 4.78 is 12.9. The molecule has 0 spiro atoms. The molecule has 1 fully saturated rings. The molecule has 0 aliphatic carbocycles. The summed E-state index contributed by atoms with van der Waals surface area (Å²) in [5.41, 5.74) is 0. The van der Waals surface area contributed by atoms with Crippen LogP contribution in [0.1, 0.15) is 143 Å². The van der Waals surface area contributed by atoms with E-state index >= 15 is 0 Å². The predicted octanol–water partition coefficient (Wildman–Crippen LogP) is 9.30. The zero-order chi connectivity index (χ0) is 24.2. The average Bonchev–Trinajstić information content (AvgIpc) is 2.81. The Balaban J connectivity index is 2.48. The molecular weight excluding hydrogens is 521 g/mol. The van der Waals surface area contributed by atoms with Crippen LogP contribution in [0.2, 0.25) is 0 Å². The SMILES string of the molecule is CCCCCCCCO[C@H](C)C1CN(C(CCCCCCC)CCCCCCC)C[C@H](I)O1. The van der Waals surface area contributed by atoms with Crippen LogP contribution >= 0.6 is 22.6 Å². The van der Waals surface area contributed by atoms with E-state index in [4.69, 9.17) is 9.47 Å². The van der Waals surface area contributed by atoms with Gasteiger partial charge in [-0.15, -0.1) is 0 Å². The van der Waals surface area contributed by atoms with Gasteiger partial charge in [-0.3, -0.25) is 4.90 Å². The first-order valence-corrected chi connectivity index (χ1v) is 16.0. The van der Waals surface area contributed by atoms with Crippen LogP contribution in [-0.2, 0) is 9.47 Å². The molecule has 1 saturated heterocycles. The van der Waals surface area contributed by atoms with E-state index in [-0.39, 0.29) is 16.3 Å². The number of nitrogens with zero attached hydrogens (tertiary/aromatic N) is 1. The van der Waals surface area contributed by atoms with Crippen molar-refractivity contribution in [2.75, 3.05) is 19.7 Å². The van der Waals surface area contributed by atoms with Crippen LogP contribution in [0, 0.1) is 0 Å². The largest absolute Gasteiger partial charge is 0.376 e. The second kappa shape index (κ2) is 21.9. The monoisotopic (exact) mass is 579 g/mol. The molecule has 0 aromatic rings. The minimum atomic E-state index is 0.190. The Morgan fingerprint density at radius 2 is 1.21 bits per heavy atom. The fraction of sp³-hybridized carbons (Fsp3) is 1.00. The molecule has 1 aliphatic heterocycles. The number of alkyl halides is 1. The van der Waals surface area contributed by atoms with E-state index in [9.17, 15) is 0 Å². The van der Waals surface area contributed by atoms with E-state index in [1.807, 2.05) is 0 Å². The van der Waals surface area contributed by atoms with Crippen LogP contribution in [0.5, 0.6) is 0 Å². The molecule has 0 bridgehead atoms. The van der Waals surface area contributed by atoms with Crippen molar-refractivity contribution in [1.82, 2.24) is 4.90 Å². The number of hydrogen-bond acceptors (Lipinski definition) is 3. The summed E-state index contributed by atoms with van der Waals surface area (Å²) in [6.45, 7) is 12.1. The fourth-order valence-corrected chi connectivity index (χ4v) is 5.94. The Morgan fingerprint density at radius 3 is 1.76 bits per heavy atom. The average molecular weight is 580 g/mol. The second-order valence-electron chi connectivity index (χ2n) is 10.4. The van der Waals surface area contributed by atoms with Crippen molar-refractivity contribution >= 4 is 22.6 Å². The number of hydrogen-bond donors (Lipinski definition) is 0. The molecular formula is C29H58INO2. The Hall–Kier alpha value is 0.610. The van der Waals surface area contributed by atoms with Crippen molar-refractivity contribution in [1.29, 1.82) is 0 Å². The van der Waals surface area contributed by atoms with E-state index in [2.05, 4.69) is 55.2 Å². The molecule has 1 rings (SSSR count). The van der Waals surface area contributed by atoms with Crippen molar-refractivity contribution < 1.29 is 9.47 Å². The summed E-state index contributed by atoms with van der Waals surface area (Å²) in [5, 5.41) is 0. The smallest absolute Gasteiger partial charge is 0.122 e. The number of halogens is 1. The van der Waals surface area contributed by atoms with Crippen LogP contribution in [0.25, 0.3) is 0 Å². The van der Waals surface area contributed by atoms with E-state index in [0.717, 1.165) is 25.7 Å². The number of unbranched alkanes of at least 4 members (excludes halogenated alkanes) is 13. The third-order valence-electron chi connectivity index (χ3n) is 7.32. The number of ether oxygens (including phenoxy) is 2. The van der Waals surface area contributed by atoms with Crippen molar-refractivity contribution in [2.24, 2.45) is 0 Å². The lowest BCUT2D eigenvalue weighted by Gasteiger charge is -2.42. The van der Waals surface area contributed by atoms with Gasteiger partial charge in [0.1, 0.15) is 4.11 Å². The summed E-state index contributed by atoms with van der Waals surface area (Å²) in [6.07, 6.45) is 24.9. The molecule has 3 atom stereocenters. The van der Waals surface area contributed by atoms with Gasteiger partial charge in [0, 0.05) is 25.7 Å². The van der Waals surface area contributed by atoms with Gasteiger partial charge in [-0.1, -0.05) is 117 Å². The Bertz CT molecular complexity index is 408. The van der Waals surface area contributed by atoms with Crippen LogP contribution in [0.4, 0.5) is 0 Å². The molecule has 1 aliphatic rings. The summed E-state index contributed by atoms with van der Waals surface area (Å²) in [6, 6.07) is 0.725. The van der Waals surface area contributed by atoms with Gasteiger partial charge >= 0.3 is 0 Å². The molecule has 0 aromatic heterocycles. The molecule has 4 heteroatoms. The second-order valence-corrected chi connectivity index (χ2v) is 11.8. The predicted molar refractivity (Wildman–Crippen MR) is 154 cm³/mol. The first-order chi connectivity index (χ1) is 16.1. The van der Waals surface area contributed by atoms with Gasteiger partial charge in [0.25, 0.3) is 0 Å². The van der Waals surface area contributed by atoms with Gasteiger partial charge < -0.3 is 9.47 Å². The first-order valence-electron chi connectivity index (χ1n) is 14.8. The van der Waals surface area contributed by atoms with Crippen LogP contribution in [0.3, 0.4) is 0 Å². The fourth-order valence-electron chi connectivity index (χ4n) is 5.06. The van der Waals surface area contributed by atoms with E-state index < -0.39 is 0 Å². The molecule has 0 amide bonds. The zero-order valence-electron chi connectivity index (χ0n) is 22.8. The highest BCUT2D eigenvalue weighted by atomic mass is 127. The molecule has 1 heterocycles. The van der Waals surface area contributed by atoms with Gasteiger partial charge in [0.05, 0.1) is 12.2 Å². The topological polar surface area (TPSA) is 21.7 Å². The molecule has 33 heavy (non-hydrogen) atoms. The minimum absolute atomic E-state index is 0.190. The van der Waals surface area contributed by atoms with Crippen LogP contribution in [-0.4, -0.2) is 47.0 Å². The molecule has 0 saturated carbocycles. The summed E-state index contributed by atoms with van der Waals surface area (Å²) in [4.78, 5) is 2.77. The normalized spacial score (nSPS) is 20.5. The highest BCUT2D eigenvalue weighted by Gasteiger charge is 2.33. The van der Waals surface area contributed by atoms with Gasteiger partial charge in [-0.05, 0) is 48.8 Å². The van der Waals surface area contributed by atoms with Gasteiger partial charge in [-0.25, -0.2) is 0 Å². The lowest BCUT2D eigenvalue weighted by atomic mass is 9.98. The third kappa shape index (κ3) is 16.1. The zero-order valence-corrected chi connectivity index (χ0v) is 25.0. The quantitative estimate of drug-likeness (QED) is 0.0725. The van der Waals surface area contributed by atoms with Crippen molar-refractivity contribution in [3.63, 3.8) is 0 Å². The van der Waals surface area contributed by atoms with Gasteiger partial charge in [0.2, 0.25) is 0 Å². The molecule has 0 aromatic carbocycles. The van der Waals surface area contributed by atoms with Crippen molar-refractivity contribution in [2.45, 2.75) is 166 Å². The highest BCUT2D eigenvalue weighted by Crippen LogP contribution is 2.26. The maximum atomic E-state index is 6.37. The maximum absolute atomic E-state index is 6.37. The first kappa shape index (κ1) is 31.6. The number of rotatable bonds is 22. The maximum Gasteiger partial charge on any atom is 0.122 e. The van der Waals surface area contributed by atoms with Crippen LogP contribution in [0.15, 0.2) is 0 Å². The molecule has 0 N–H and O–H groups in total. The Kier molecular flexibility index (Phi) is 21.0. The van der Waals surface area contributed by atoms with Crippen molar-refractivity contribution in [3.05, 3.63) is 0 Å². The van der Waals surface area contributed by atoms with E-state index in [0.29, 0.717) is 0 Å². The Labute approximate surface area is 221 Å². The van der Waals surface area contributed by atoms with E-state index in [1.54, 1.807) is 0 Å². The lowest BCUT2D eigenvalue weighted by molar-refractivity contribution is -0.120. The third-order valence-corrected chi connectivity index (χ3v) is 8.00. The number of morpholine rings is 1. The van der Waals surface area contributed by atoms with Gasteiger partial charge in [0.15, 0.2) is 0 Å². The Morgan fingerprint density at radius 1 is 0.727 bits per heavy atom. The minimum Gasteiger partial charge on any atom is -0.376 e. The molecule has 3 nitrogen and oxygen atoms in total. The summed E-state index contributed by atoms with van der Waals surface area (Å²) in [7, 11) is 0. The summed E-state index contributed by atoms with van der Waals surface area (Å²) in [5.74, 6) is 0. The van der Waals surface area contributed by atoms with Gasteiger partial charge in [-0.2, -0.15) is 0 Å². The van der Waals surface area contributed by atoms with Crippen molar-refractivity contribution in [3.8, 4) is 0 Å². The lowest BCUT2D eigenvalue weighted by Crippen LogP contribution is -2.53. The summed E-state index contributed by atoms with van der Waals surface area (Å²) >= 11 is 2.51. The highest BCUT2D eigenvalue weighted by molar-refractivity contribution is 14.1.